The summed E-state index contributed by atoms with van der Waals surface area (Å²) in [5.41, 5.74) is -0.901. The van der Waals surface area contributed by atoms with E-state index in [1.54, 1.807) is 14.0 Å². The molecule has 6 nitrogen and oxygen atoms in total. The molecular weight excluding hydrogens is 256 g/mol. The molecule has 0 aromatic rings. The van der Waals surface area contributed by atoms with Gasteiger partial charge in [0.05, 0.1) is 11.5 Å². The molecule has 1 aliphatic heterocycles. The summed E-state index contributed by atoms with van der Waals surface area (Å²) < 4.78 is 22.5. The van der Waals surface area contributed by atoms with Gasteiger partial charge in [0, 0.05) is 13.1 Å². The number of hydrogen-bond acceptors (Lipinski definition) is 5. The fraction of sp³-hybridized carbons (Fsp3) is 0.909. The first-order valence-electron chi connectivity index (χ1n) is 6.14. The topological polar surface area (TPSA) is 86.7 Å². The minimum atomic E-state index is -2.84. The molecule has 1 unspecified atom stereocenters. The monoisotopic (exact) mass is 278 g/mol. The fourth-order valence-corrected chi connectivity index (χ4v) is 3.25. The Labute approximate surface area is 108 Å². The van der Waals surface area contributed by atoms with Gasteiger partial charge in [-0.25, -0.2) is 8.42 Å². The van der Waals surface area contributed by atoms with Crippen molar-refractivity contribution in [3.05, 3.63) is 0 Å². The van der Waals surface area contributed by atoms with Gasteiger partial charge in [-0.3, -0.25) is 4.79 Å². The summed E-state index contributed by atoms with van der Waals surface area (Å²) in [5.74, 6) is -0.420. The van der Waals surface area contributed by atoms with Crippen LogP contribution in [-0.4, -0.2) is 68.1 Å². The van der Waals surface area contributed by atoms with Gasteiger partial charge in [0.2, 0.25) is 0 Å². The van der Waals surface area contributed by atoms with Crippen molar-refractivity contribution in [3.8, 4) is 0 Å². The third kappa shape index (κ3) is 4.22. The van der Waals surface area contributed by atoms with Crippen LogP contribution in [0.25, 0.3) is 0 Å². The SMILES string of the molecule is CNC(C)(CCCN1CCS(=O)(=O)CC1)C(=O)O. The minimum Gasteiger partial charge on any atom is -0.480 e. The van der Waals surface area contributed by atoms with Gasteiger partial charge >= 0.3 is 5.97 Å². The van der Waals surface area contributed by atoms with Gasteiger partial charge in [-0.1, -0.05) is 0 Å². The molecule has 0 saturated carbocycles. The lowest BCUT2D eigenvalue weighted by atomic mass is 9.96. The van der Waals surface area contributed by atoms with Gasteiger partial charge in [-0.15, -0.1) is 0 Å². The molecule has 1 aliphatic rings. The van der Waals surface area contributed by atoms with Crippen LogP contribution < -0.4 is 5.32 Å². The Morgan fingerprint density at radius 2 is 1.94 bits per heavy atom. The Bertz CT molecular complexity index is 382. The van der Waals surface area contributed by atoms with Crippen molar-refractivity contribution in [1.82, 2.24) is 10.2 Å². The zero-order valence-corrected chi connectivity index (χ0v) is 11.8. The Morgan fingerprint density at radius 3 is 2.39 bits per heavy atom. The van der Waals surface area contributed by atoms with Crippen LogP contribution in [-0.2, 0) is 14.6 Å². The Morgan fingerprint density at radius 1 is 1.39 bits per heavy atom. The first-order chi connectivity index (χ1) is 8.29. The number of rotatable bonds is 6. The molecule has 1 saturated heterocycles. The molecule has 18 heavy (non-hydrogen) atoms. The summed E-state index contributed by atoms with van der Waals surface area (Å²) in [5, 5.41) is 11.9. The van der Waals surface area contributed by atoms with Crippen LogP contribution in [0, 0.1) is 0 Å². The number of carboxylic acids is 1. The number of likely N-dealkylation sites (N-methyl/N-ethyl adjacent to an activating group) is 1. The molecule has 7 heteroatoms. The van der Waals surface area contributed by atoms with Crippen molar-refractivity contribution in [3.63, 3.8) is 0 Å². The number of aliphatic carboxylic acids is 1. The van der Waals surface area contributed by atoms with Crippen molar-refractivity contribution >= 4 is 15.8 Å². The molecule has 0 aliphatic carbocycles. The van der Waals surface area contributed by atoms with E-state index in [1.807, 2.05) is 0 Å². The fourth-order valence-electron chi connectivity index (χ4n) is 1.97. The molecule has 0 spiro atoms. The quantitative estimate of drug-likeness (QED) is 0.685. The number of nitrogens with zero attached hydrogens (tertiary/aromatic N) is 1. The highest BCUT2D eigenvalue weighted by Gasteiger charge is 2.30. The number of carbonyl (C=O) groups is 1. The molecule has 2 N–H and O–H groups in total. The average molecular weight is 278 g/mol. The Balaban J connectivity index is 2.33. The van der Waals surface area contributed by atoms with Crippen LogP contribution in [0.1, 0.15) is 19.8 Å². The van der Waals surface area contributed by atoms with E-state index in [1.165, 1.54) is 0 Å². The van der Waals surface area contributed by atoms with Gasteiger partial charge in [-0.05, 0) is 33.4 Å². The molecule has 0 aromatic carbocycles. The summed E-state index contributed by atoms with van der Waals surface area (Å²) in [6.07, 6.45) is 1.27. The summed E-state index contributed by atoms with van der Waals surface area (Å²) >= 11 is 0. The molecular formula is C11H22N2O4S. The second kappa shape index (κ2) is 5.99. The predicted octanol–water partition coefficient (Wildman–Crippen LogP) is -0.440. The molecule has 1 heterocycles. The van der Waals surface area contributed by atoms with Gasteiger partial charge in [0.1, 0.15) is 5.54 Å². The lowest BCUT2D eigenvalue weighted by Gasteiger charge is -2.29. The molecule has 1 atom stereocenters. The highest BCUT2D eigenvalue weighted by Crippen LogP contribution is 2.13. The number of hydrogen-bond donors (Lipinski definition) is 2. The number of carboxylic acid groups (broad SMARTS) is 1. The number of sulfone groups is 1. The van der Waals surface area contributed by atoms with Crippen LogP contribution in [0.15, 0.2) is 0 Å². The Hall–Kier alpha value is -0.660. The highest BCUT2D eigenvalue weighted by molar-refractivity contribution is 7.91. The second-order valence-electron chi connectivity index (χ2n) is 4.98. The van der Waals surface area contributed by atoms with E-state index in [9.17, 15) is 13.2 Å². The van der Waals surface area contributed by atoms with E-state index in [4.69, 9.17) is 5.11 Å². The van der Waals surface area contributed by atoms with E-state index in [-0.39, 0.29) is 11.5 Å². The predicted molar refractivity (Wildman–Crippen MR) is 69.4 cm³/mol. The lowest BCUT2D eigenvalue weighted by molar-refractivity contribution is -0.144. The molecule has 106 valence electrons. The molecule has 0 aromatic heterocycles. The minimum absolute atomic E-state index is 0.217. The third-order valence-electron chi connectivity index (χ3n) is 3.61. The lowest BCUT2D eigenvalue weighted by Crippen LogP contribution is -2.48. The van der Waals surface area contributed by atoms with Gasteiger partial charge < -0.3 is 15.3 Å². The van der Waals surface area contributed by atoms with Gasteiger partial charge in [0.15, 0.2) is 9.84 Å². The second-order valence-corrected chi connectivity index (χ2v) is 7.29. The summed E-state index contributed by atoms with van der Waals surface area (Å²) in [6.45, 7) is 3.54. The van der Waals surface area contributed by atoms with E-state index < -0.39 is 21.3 Å². The van der Waals surface area contributed by atoms with Crippen molar-refractivity contribution in [2.24, 2.45) is 0 Å². The molecule has 0 bridgehead atoms. The third-order valence-corrected chi connectivity index (χ3v) is 5.22. The smallest absolute Gasteiger partial charge is 0.323 e. The zero-order chi connectivity index (χ0) is 13.8. The van der Waals surface area contributed by atoms with Crippen LogP contribution in [0.4, 0.5) is 0 Å². The molecule has 0 amide bonds. The van der Waals surface area contributed by atoms with E-state index >= 15 is 0 Å². The molecule has 0 radical (unpaired) electrons. The molecule has 1 fully saturated rings. The maximum absolute atomic E-state index is 11.3. The van der Waals surface area contributed by atoms with Crippen molar-refractivity contribution in [2.45, 2.75) is 25.3 Å². The van der Waals surface area contributed by atoms with Crippen LogP contribution in [0.5, 0.6) is 0 Å². The van der Waals surface area contributed by atoms with Crippen LogP contribution >= 0.6 is 0 Å². The first-order valence-corrected chi connectivity index (χ1v) is 7.96. The van der Waals surface area contributed by atoms with Crippen LogP contribution in [0.2, 0.25) is 0 Å². The summed E-state index contributed by atoms with van der Waals surface area (Å²) in [7, 11) is -1.19. The van der Waals surface area contributed by atoms with Gasteiger partial charge in [0.25, 0.3) is 0 Å². The van der Waals surface area contributed by atoms with Crippen molar-refractivity contribution in [1.29, 1.82) is 0 Å². The summed E-state index contributed by atoms with van der Waals surface area (Å²) in [4.78, 5) is 13.1. The summed E-state index contributed by atoms with van der Waals surface area (Å²) in [6, 6.07) is 0. The maximum Gasteiger partial charge on any atom is 0.323 e. The normalized spacial score (nSPS) is 23.4. The van der Waals surface area contributed by atoms with E-state index in [0.717, 1.165) is 13.0 Å². The highest BCUT2D eigenvalue weighted by atomic mass is 32.2. The van der Waals surface area contributed by atoms with Gasteiger partial charge in [-0.2, -0.15) is 0 Å². The Kier molecular flexibility index (Phi) is 5.12. The van der Waals surface area contributed by atoms with E-state index in [2.05, 4.69) is 10.2 Å². The van der Waals surface area contributed by atoms with Crippen LogP contribution in [0.3, 0.4) is 0 Å². The average Bonchev–Trinajstić information content (AvgIpc) is 2.31. The standard InChI is InChI=1S/C11H22N2O4S/c1-11(12-2,10(14)15)4-3-5-13-6-8-18(16,17)9-7-13/h12H,3-9H2,1-2H3,(H,14,15). The first kappa shape index (κ1) is 15.4. The van der Waals surface area contributed by atoms with Crippen molar-refractivity contribution < 1.29 is 18.3 Å². The largest absolute Gasteiger partial charge is 0.480 e. The maximum atomic E-state index is 11.3. The molecule has 1 rings (SSSR count). The van der Waals surface area contributed by atoms with E-state index in [0.29, 0.717) is 19.5 Å². The zero-order valence-electron chi connectivity index (χ0n) is 11.0. The van der Waals surface area contributed by atoms with Crippen molar-refractivity contribution in [2.75, 3.05) is 38.2 Å². The number of nitrogens with one attached hydrogen (secondary N) is 1.